The van der Waals surface area contributed by atoms with Crippen molar-refractivity contribution >= 4 is 34.7 Å². The smallest absolute Gasteiger partial charge is 0.261 e. The number of H-pyrrole nitrogens is 1. The standard InChI is InChI=1S/C19H17N5O2S/c1-11-4-3-7-24-10-13(21-16(11)24)9-20-17(25)12-5-6-14-15(8-12)22-19(27)23(2)18(14)26/h3-8,10H,9H2,1-2H3,(H,20,25)(H,22,27). The number of rotatable bonds is 3. The molecule has 136 valence electrons. The third-order valence-corrected chi connectivity index (χ3v) is 4.90. The lowest BCUT2D eigenvalue weighted by molar-refractivity contribution is 0.0950. The molecule has 4 aromatic rings. The van der Waals surface area contributed by atoms with Crippen LogP contribution in [0.2, 0.25) is 0 Å². The van der Waals surface area contributed by atoms with Gasteiger partial charge in [-0.2, -0.15) is 0 Å². The molecular weight excluding hydrogens is 362 g/mol. The molecule has 0 radical (unpaired) electrons. The first kappa shape index (κ1) is 17.2. The van der Waals surface area contributed by atoms with E-state index in [1.54, 1.807) is 25.2 Å². The molecule has 0 aliphatic rings. The maximum absolute atomic E-state index is 12.5. The molecule has 0 aliphatic carbocycles. The molecule has 2 N–H and O–H groups in total. The minimum absolute atomic E-state index is 0.194. The van der Waals surface area contributed by atoms with Crippen LogP contribution in [0, 0.1) is 11.7 Å². The van der Waals surface area contributed by atoms with Gasteiger partial charge in [0.15, 0.2) is 4.77 Å². The van der Waals surface area contributed by atoms with Gasteiger partial charge < -0.3 is 14.7 Å². The summed E-state index contributed by atoms with van der Waals surface area (Å²) in [7, 11) is 1.61. The Morgan fingerprint density at radius 3 is 2.93 bits per heavy atom. The van der Waals surface area contributed by atoms with Gasteiger partial charge in [-0.05, 0) is 49.0 Å². The number of carbonyl (C=O) groups excluding carboxylic acids is 1. The number of aryl methyl sites for hydroxylation is 1. The Balaban J connectivity index is 1.59. The molecule has 0 aliphatic heterocycles. The number of benzene rings is 1. The van der Waals surface area contributed by atoms with Crippen LogP contribution in [-0.2, 0) is 13.6 Å². The predicted octanol–water partition coefficient (Wildman–Crippen LogP) is 2.48. The van der Waals surface area contributed by atoms with Crippen LogP contribution in [-0.4, -0.2) is 24.8 Å². The number of nitrogens with one attached hydrogen (secondary N) is 2. The average Bonchev–Trinajstić information content (AvgIpc) is 3.08. The summed E-state index contributed by atoms with van der Waals surface area (Å²) in [6.07, 6.45) is 3.82. The van der Waals surface area contributed by atoms with E-state index >= 15 is 0 Å². The number of hydrogen-bond acceptors (Lipinski definition) is 4. The van der Waals surface area contributed by atoms with E-state index in [0.717, 1.165) is 16.9 Å². The van der Waals surface area contributed by atoms with E-state index in [1.165, 1.54) is 4.57 Å². The van der Waals surface area contributed by atoms with E-state index < -0.39 is 0 Å². The highest BCUT2D eigenvalue weighted by Gasteiger charge is 2.10. The molecule has 1 aromatic carbocycles. The molecule has 7 nitrogen and oxygen atoms in total. The van der Waals surface area contributed by atoms with E-state index in [2.05, 4.69) is 15.3 Å². The van der Waals surface area contributed by atoms with Gasteiger partial charge in [-0.15, -0.1) is 0 Å². The zero-order chi connectivity index (χ0) is 19.1. The first-order valence-corrected chi connectivity index (χ1v) is 8.79. The highest BCUT2D eigenvalue weighted by Crippen LogP contribution is 2.12. The van der Waals surface area contributed by atoms with Crippen LogP contribution in [0.3, 0.4) is 0 Å². The van der Waals surface area contributed by atoms with Gasteiger partial charge in [0.05, 0.1) is 23.1 Å². The number of aromatic nitrogens is 4. The van der Waals surface area contributed by atoms with Crippen molar-refractivity contribution in [2.24, 2.45) is 7.05 Å². The van der Waals surface area contributed by atoms with Crippen LogP contribution < -0.4 is 10.9 Å². The number of imidazole rings is 1. The van der Waals surface area contributed by atoms with Gasteiger partial charge in [0.25, 0.3) is 11.5 Å². The molecule has 4 rings (SSSR count). The number of pyridine rings is 1. The van der Waals surface area contributed by atoms with Crippen LogP contribution in [0.25, 0.3) is 16.6 Å². The molecule has 0 unspecified atom stereocenters. The summed E-state index contributed by atoms with van der Waals surface area (Å²) < 4.78 is 3.61. The van der Waals surface area contributed by atoms with Gasteiger partial charge in [0.2, 0.25) is 0 Å². The lowest BCUT2D eigenvalue weighted by Gasteiger charge is -2.06. The lowest BCUT2D eigenvalue weighted by atomic mass is 10.1. The van der Waals surface area contributed by atoms with Crippen LogP contribution in [0.5, 0.6) is 0 Å². The number of aromatic amines is 1. The second-order valence-corrected chi connectivity index (χ2v) is 6.78. The molecule has 0 spiro atoms. The molecular formula is C19H17N5O2S. The normalized spacial score (nSPS) is 11.2. The van der Waals surface area contributed by atoms with E-state index in [4.69, 9.17) is 12.2 Å². The van der Waals surface area contributed by atoms with Crippen molar-refractivity contribution in [3.63, 3.8) is 0 Å². The Kier molecular flexibility index (Phi) is 4.12. The topological polar surface area (TPSA) is 84.2 Å². The fraction of sp³-hybridized carbons (Fsp3) is 0.158. The molecule has 3 aromatic heterocycles. The Bertz CT molecular complexity index is 1320. The fourth-order valence-corrected chi connectivity index (χ4v) is 3.20. The second kappa shape index (κ2) is 6.48. The quantitative estimate of drug-likeness (QED) is 0.536. The van der Waals surface area contributed by atoms with Gasteiger partial charge in [0.1, 0.15) is 5.65 Å². The number of fused-ring (bicyclic) bond motifs is 2. The fourth-order valence-electron chi connectivity index (χ4n) is 3.01. The van der Waals surface area contributed by atoms with E-state index in [1.807, 2.05) is 35.9 Å². The molecule has 27 heavy (non-hydrogen) atoms. The van der Waals surface area contributed by atoms with Gasteiger partial charge in [0, 0.05) is 25.0 Å². The van der Waals surface area contributed by atoms with E-state index in [0.29, 0.717) is 27.8 Å². The summed E-state index contributed by atoms with van der Waals surface area (Å²) in [6, 6.07) is 8.84. The van der Waals surface area contributed by atoms with Gasteiger partial charge in [-0.3, -0.25) is 14.2 Å². The second-order valence-electron chi connectivity index (χ2n) is 6.39. The summed E-state index contributed by atoms with van der Waals surface area (Å²) in [5, 5.41) is 3.35. The van der Waals surface area contributed by atoms with Gasteiger partial charge in [-0.25, -0.2) is 4.98 Å². The summed E-state index contributed by atoms with van der Waals surface area (Å²) in [5.74, 6) is -0.245. The van der Waals surface area contributed by atoms with E-state index in [-0.39, 0.29) is 11.5 Å². The summed E-state index contributed by atoms with van der Waals surface area (Å²) in [6.45, 7) is 2.30. The number of nitrogens with zero attached hydrogens (tertiary/aromatic N) is 3. The molecule has 0 bridgehead atoms. The first-order valence-electron chi connectivity index (χ1n) is 8.38. The largest absolute Gasteiger partial charge is 0.346 e. The SMILES string of the molecule is Cc1cccn2cc(CNC(=O)c3ccc4c(=O)n(C)c(=S)[nH]c4c3)nc12. The van der Waals surface area contributed by atoms with Crippen molar-refractivity contribution in [2.75, 3.05) is 0 Å². The lowest BCUT2D eigenvalue weighted by Crippen LogP contribution is -2.23. The molecule has 0 fully saturated rings. The highest BCUT2D eigenvalue weighted by molar-refractivity contribution is 7.71. The Morgan fingerprint density at radius 2 is 2.15 bits per heavy atom. The van der Waals surface area contributed by atoms with Crippen molar-refractivity contribution in [1.29, 1.82) is 0 Å². The molecule has 3 heterocycles. The van der Waals surface area contributed by atoms with Crippen molar-refractivity contribution in [3.05, 3.63) is 74.7 Å². The van der Waals surface area contributed by atoms with Crippen molar-refractivity contribution < 1.29 is 4.79 Å². The minimum atomic E-state index is -0.245. The van der Waals surface area contributed by atoms with Crippen LogP contribution in [0.1, 0.15) is 21.6 Å². The Labute approximate surface area is 159 Å². The van der Waals surface area contributed by atoms with Crippen molar-refractivity contribution in [2.45, 2.75) is 13.5 Å². The summed E-state index contributed by atoms with van der Waals surface area (Å²) in [5.41, 5.74) is 3.50. The van der Waals surface area contributed by atoms with Gasteiger partial charge in [-0.1, -0.05) is 6.07 Å². The Hall–Kier alpha value is -3.26. The minimum Gasteiger partial charge on any atom is -0.346 e. The van der Waals surface area contributed by atoms with Crippen molar-refractivity contribution in [3.8, 4) is 0 Å². The van der Waals surface area contributed by atoms with Crippen LogP contribution in [0.4, 0.5) is 0 Å². The zero-order valence-electron chi connectivity index (χ0n) is 14.8. The molecule has 8 heteroatoms. The maximum atomic E-state index is 12.5. The first-order chi connectivity index (χ1) is 12.9. The number of carbonyl (C=O) groups is 1. The number of amides is 1. The maximum Gasteiger partial charge on any atom is 0.261 e. The highest BCUT2D eigenvalue weighted by atomic mass is 32.1. The third kappa shape index (κ3) is 3.04. The van der Waals surface area contributed by atoms with Crippen molar-refractivity contribution in [1.82, 2.24) is 24.3 Å². The zero-order valence-corrected chi connectivity index (χ0v) is 15.6. The predicted molar refractivity (Wildman–Crippen MR) is 105 cm³/mol. The van der Waals surface area contributed by atoms with Crippen LogP contribution in [0.15, 0.2) is 47.5 Å². The summed E-state index contributed by atoms with van der Waals surface area (Å²) >= 11 is 5.13. The average molecular weight is 379 g/mol. The molecule has 1 amide bonds. The Morgan fingerprint density at radius 1 is 1.33 bits per heavy atom. The molecule has 0 atom stereocenters. The molecule has 0 saturated carbocycles. The van der Waals surface area contributed by atoms with E-state index in [9.17, 15) is 9.59 Å². The number of hydrogen-bond donors (Lipinski definition) is 2. The van der Waals surface area contributed by atoms with Crippen LogP contribution >= 0.6 is 12.2 Å². The molecule has 0 saturated heterocycles. The summed E-state index contributed by atoms with van der Waals surface area (Å²) in [4.78, 5) is 32.2. The third-order valence-electron chi connectivity index (χ3n) is 4.52. The van der Waals surface area contributed by atoms with Gasteiger partial charge >= 0.3 is 0 Å². The monoisotopic (exact) mass is 379 g/mol.